The van der Waals surface area contributed by atoms with Crippen molar-refractivity contribution in [2.45, 2.75) is 46.1 Å². The second kappa shape index (κ2) is 10.6. The number of nitrogens with zero attached hydrogens (tertiary/aromatic N) is 5. The Morgan fingerprint density at radius 1 is 1.03 bits per heavy atom. The molecule has 0 aliphatic rings. The summed E-state index contributed by atoms with van der Waals surface area (Å²) in [5.74, 6) is 0.760. The highest BCUT2D eigenvalue weighted by Gasteiger charge is 2.19. The number of carbonyl (C=O) groups excluding carboxylic acids is 1. The highest BCUT2D eigenvalue weighted by atomic mass is 16.5. The number of methoxy groups -OCH3 is 1. The molecule has 0 aliphatic heterocycles. The maximum absolute atomic E-state index is 13.4. The molecule has 0 fully saturated rings. The SMILES string of the molecule is COc1cncc(-c2cn(-c3cc(CC(=O)c4cc(CN(C)C)cc(C(C)(C)C)c4)ccc3C)nn2)c1. The Morgan fingerprint density at radius 3 is 2.51 bits per heavy atom. The van der Waals surface area contributed by atoms with E-state index in [0.717, 1.165) is 40.0 Å². The third-order valence-electron chi connectivity index (χ3n) is 6.30. The van der Waals surface area contributed by atoms with E-state index in [9.17, 15) is 4.79 Å². The maximum Gasteiger partial charge on any atom is 0.167 e. The molecule has 2 aromatic heterocycles. The van der Waals surface area contributed by atoms with Crippen LogP contribution in [-0.4, -0.2) is 51.9 Å². The van der Waals surface area contributed by atoms with Gasteiger partial charge in [-0.25, -0.2) is 4.68 Å². The van der Waals surface area contributed by atoms with Crippen molar-refractivity contribution >= 4 is 5.78 Å². The molecule has 0 atom stereocenters. The van der Waals surface area contributed by atoms with Gasteiger partial charge < -0.3 is 9.64 Å². The average molecular weight is 498 g/mol. The van der Waals surface area contributed by atoms with E-state index in [2.05, 4.69) is 47.0 Å². The summed E-state index contributed by atoms with van der Waals surface area (Å²) in [5.41, 5.74) is 7.39. The standard InChI is InChI=1S/C30H35N5O2/c1-20-8-9-21(12-28(20)35-19-27(32-33-35)24-15-26(37-7)17-31-16-24)13-29(36)23-10-22(18-34(5)6)11-25(14-23)30(2,3)4/h8-12,14-17,19H,13,18H2,1-7H3. The summed E-state index contributed by atoms with van der Waals surface area (Å²) in [4.78, 5) is 19.8. The highest BCUT2D eigenvalue weighted by molar-refractivity contribution is 5.98. The second-order valence-corrected chi connectivity index (χ2v) is 10.8. The fraction of sp³-hybridized carbons (Fsp3) is 0.333. The molecule has 0 amide bonds. The van der Waals surface area contributed by atoms with Crippen molar-refractivity contribution in [2.24, 2.45) is 0 Å². The lowest BCUT2D eigenvalue weighted by molar-refractivity contribution is 0.0992. The molecule has 4 aromatic rings. The molecular formula is C30H35N5O2. The van der Waals surface area contributed by atoms with Gasteiger partial charge in [0.1, 0.15) is 11.4 Å². The lowest BCUT2D eigenvalue weighted by atomic mass is 9.84. The zero-order valence-electron chi connectivity index (χ0n) is 22.7. The molecule has 0 bridgehead atoms. The number of pyridine rings is 1. The molecule has 0 saturated heterocycles. The van der Waals surface area contributed by atoms with Gasteiger partial charge in [0.25, 0.3) is 0 Å². The fourth-order valence-electron chi connectivity index (χ4n) is 4.23. The molecule has 0 unspecified atom stereocenters. The molecule has 2 aromatic carbocycles. The first-order chi connectivity index (χ1) is 17.5. The van der Waals surface area contributed by atoms with Crippen LogP contribution in [0.5, 0.6) is 5.75 Å². The number of hydrogen-bond acceptors (Lipinski definition) is 6. The van der Waals surface area contributed by atoms with Crippen LogP contribution in [0.1, 0.15) is 53.4 Å². The normalized spacial score (nSPS) is 11.7. The van der Waals surface area contributed by atoms with E-state index in [4.69, 9.17) is 4.74 Å². The maximum atomic E-state index is 13.4. The van der Waals surface area contributed by atoms with E-state index in [1.54, 1.807) is 24.2 Å². The number of rotatable bonds is 8. The van der Waals surface area contributed by atoms with Crippen LogP contribution in [0.4, 0.5) is 0 Å². The summed E-state index contributed by atoms with van der Waals surface area (Å²) in [5, 5.41) is 8.67. The Balaban J connectivity index is 1.61. The molecule has 0 saturated carbocycles. The van der Waals surface area contributed by atoms with Crippen LogP contribution in [0.2, 0.25) is 0 Å². The summed E-state index contributed by atoms with van der Waals surface area (Å²) in [7, 11) is 5.69. The molecule has 37 heavy (non-hydrogen) atoms. The minimum atomic E-state index is -0.0442. The first-order valence-electron chi connectivity index (χ1n) is 12.4. The van der Waals surface area contributed by atoms with Gasteiger partial charge in [0.2, 0.25) is 0 Å². The zero-order chi connectivity index (χ0) is 26.7. The Labute approximate surface area is 219 Å². The Morgan fingerprint density at radius 2 is 1.81 bits per heavy atom. The van der Waals surface area contributed by atoms with Crippen molar-refractivity contribution in [3.63, 3.8) is 0 Å². The molecule has 4 rings (SSSR count). The molecule has 0 N–H and O–H groups in total. The average Bonchev–Trinajstić information content (AvgIpc) is 3.34. The van der Waals surface area contributed by atoms with E-state index in [0.29, 0.717) is 17.9 Å². The fourth-order valence-corrected chi connectivity index (χ4v) is 4.23. The summed E-state index contributed by atoms with van der Waals surface area (Å²) < 4.78 is 7.02. The van der Waals surface area contributed by atoms with Crippen molar-refractivity contribution in [1.29, 1.82) is 0 Å². The quantitative estimate of drug-likeness (QED) is 0.302. The second-order valence-electron chi connectivity index (χ2n) is 10.8. The monoisotopic (exact) mass is 497 g/mol. The van der Waals surface area contributed by atoms with Gasteiger partial charge in [-0.1, -0.05) is 44.2 Å². The topological polar surface area (TPSA) is 73.1 Å². The number of benzene rings is 2. The first-order valence-corrected chi connectivity index (χ1v) is 12.4. The molecule has 0 spiro atoms. The number of carbonyl (C=O) groups is 1. The van der Waals surface area contributed by atoms with Crippen molar-refractivity contribution < 1.29 is 9.53 Å². The van der Waals surface area contributed by atoms with Crippen LogP contribution in [0, 0.1) is 6.92 Å². The van der Waals surface area contributed by atoms with Gasteiger partial charge in [0.15, 0.2) is 5.78 Å². The number of ketones is 1. The van der Waals surface area contributed by atoms with Crippen molar-refractivity contribution in [1.82, 2.24) is 24.9 Å². The molecule has 7 heteroatoms. The largest absolute Gasteiger partial charge is 0.495 e. The van der Waals surface area contributed by atoms with E-state index in [1.165, 1.54) is 5.56 Å². The Bertz CT molecular complexity index is 1420. The van der Waals surface area contributed by atoms with Gasteiger partial charge in [-0.3, -0.25) is 9.78 Å². The number of ether oxygens (including phenoxy) is 1. The van der Waals surface area contributed by atoms with Gasteiger partial charge in [-0.15, -0.1) is 5.10 Å². The molecule has 7 nitrogen and oxygen atoms in total. The van der Waals surface area contributed by atoms with Gasteiger partial charge in [-0.2, -0.15) is 0 Å². The van der Waals surface area contributed by atoms with E-state index < -0.39 is 0 Å². The molecular weight excluding hydrogens is 462 g/mol. The third kappa shape index (κ3) is 6.30. The smallest absolute Gasteiger partial charge is 0.167 e. The molecule has 192 valence electrons. The minimum Gasteiger partial charge on any atom is -0.495 e. The number of aryl methyl sites for hydroxylation is 1. The van der Waals surface area contributed by atoms with E-state index in [1.807, 2.05) is 63.6 Å². The van der Waals surface area contributed by atoms with Crippen LogP contribution in [-0.2, 0) is 18.4 Å². The Hall–Kier alpha value is -3.84. The Kier molecular flexibility index (Phi) is 7.55. The summed E-state index contributed by atoms with van der Waals surface area (Å²) in [6, 6.07) is 14.2. The number of Topliss-reactive ketones (excluding diaryl/α,β-unsaturated/α-hetero) is 1. The molecule has 2 heterocycles. The minimum absolute atomic E-state index is 0.0442. The number of aromatic nitrogens is 4. The van der Waals surface area contributed by atoms with Gasteiger partial charge in [0, 0.05) is 30.3 Å². The van der Waals surface area contributed by atoms with Gasteiger partial charge >= 0.3 is 0 Å². The van der Waals surface area contributed by atoms with Crippen LogP contribution in [0.3, 0.4) is 0 Å². The van der Waals surface area contributed by atoms with Crippen LogP contribution < -0.4 is 4.74 Å². The molecule has 0 aliphatic carbocycles. The van der Waals surface area contributed by atoms with Crippen LogP contribution >= 0.6 is 0 Å². The lowest BCUT2D eigenvalue weighted by Crippen LogP contribution is -2.16. The highest BCUT2D eigenvalue weighted by Crippen LogP contribution is 2.27. The molecule has 0 radical (unpaired) electrons. The lowest BCUT2D eigenvalue weighted by Gasteiger charge is -2.22. The third-order valence-corrected chi connectivity index (χ3v) is 6.30. The van der Waals surface area contributed by atoms with Crippen molar-refractivity contribution in [2.75, 3.05) is 21.2 Å². The van der Waals surface area contributed by atoms with E-state index >= 15 is 0 Å². The van der Waals surface area contributed by atoms with Gasteiger partial charge in [-0.05, 0) is 73.0 Å². The summed E-state index contributed by atoms with van der Waals surface area (Å²) in [6.07, 6.45) is 5.56. The number of hydrogen-bond donors (Lipinski definition) is 0. The van der Waals surface area contributed by atoms with Gasteiger partial charge in [0.05, 0.1) is 25.2 Å². The predicted molar refractivity (Wildman–Crippen MR) is 146 cm³/mol. The first kappa shape index (κ1) is 26.2. The predicted octanol–water partition coefficient (Wildman–Crippen LogP) is 5.43. The van der Waals surface area contributed by atoms with Crippen molar-refractivity contribution in [3.05, 3.63) is 88.9 Å². The zero-order valence-corrected chi connectivity index (χ0v) is 22.7. The van der Waals surface area contributed by atoms with Crippen molar-refractivity contribution in [3.8, 4) is 22.7 Å². The summed E-state index contributed by atoms with van der Waals surface area (Å²) >= 11 is 0. The van der Waals surface area contributed by atoms with Crippen LogP contribution in [0.15, 0.2) is 61.1 Å². The van der Waals surface area contributed by atoms with E-state index in [-0.39, 0.29) is 11.2 Å². The van der Waals surface area contributed by atoms with Crippen LogP contribution in [0.25, 0.3) is 16.9 Å². The summed E-state index contributed by atoms with van der Waals surface area (Å²) in [6.45, 7) is 9.34.